The number of rotatable bonds is 4. The van der Waals surface area contributed by atoms with Crippen LogP contribution in [0.1, 0.15) is 24.5 Å². The van der Waals surface area contributed by atoms with Gasteiger partial charge < -0.3 is 10.2 Å². The Balaban J connectivity index is 1.46. The van der Waals surface area contributed by atoms with Crippen molar-refractivity contribution in [2.45, 2.75) is 27.2 Å². The van der Waals surface area contributed by atoms with E-state index in [0.29, 0.717) is 18.4 Å². The Morgan fingerprint density at radius 3 is 2.46 bits per heavy atom. The molecule has 1 N–H and O–H groups in total. The van der Waals surface area contributed by atoms with Crippen molar-refractivity contribution in [1.29, 1.82) is 0 Å². The van der Waals surface area contributed by atoms with Gasteiger partial charge in [-0.15, -0.1) is 0 Å². The van der Waals surface area contributed by atoms with Gasteiger partial charge in [-0.05, 0) is 43.4 Å². The van der Waals surface area contributed by atoms with Crippen LogP contribution in [0, 0.1) is 25.7 Å². The van der Waals surface area contributed by atoms with Crippen molar-refractivity contribution in [3.63, 3.8) is 0 Å². The highest BCUT2D eigenvalue weighted by atomic mass is 16.2. The van der Waals surface area contributed by atoms with Gasteiger partial charge in [-0.3, -0.25) is 14.5 Å². The van der Waals surface area contributed by atoms with E-state index in [1.165, 1.54) is 5.56 Å². The predicted molar refractivity (Wildman–Crippen MR) is 94.8 cm³/mol. The second-order valence-corrected chi connectivity index (χ2v) is 7.22. The molecule has 1 saturated carbocycles. The van der Waals surface area contributed by atoms with Gasteiger partial charge >= 0.3 is 0 Å². The van der Waals surface area contributed by atoms with E-state index in [1.54, 1.807) is 0 Å². The van der Waals surface area contributed by atoms with Gasteiger partial charge in [-0.1, -0.05) is 19.1 Å². The number of amides is 2. The normalized spacial score (nSPS) is 23.9. The van der Waals surface area contributed by atoms with Gasteiger partial charge in [0.2, 0.25) is 11.8 Å². The van der Waals surface area contributed by atoms with E-state index >= 15 is 0 Å². The molecule has 2 amide bonds. The molecule has 2 fully saturated rings. The number of piperazine rings is 1. The van der Waals surface area contributed by atoms with Crippen molar-refractivity contribution in [2.75, 3.05) is 38.0 Å². The minimum absolute atomic E-state index is 0.0132. The third kappa shape index (κ3) is 3.78. The van der Waals surface area contributed by atoms with Gasteiger partial charge in [-0.2, -0.15) is 0 Å². The maximum atomic E-state index is 12.3. The maximum absolute atomic E-state index is 12.3. The number of anilines is 1. The third-order valence-corrected chi connectivity index (χ3v) is 5.36. The Morgan fingerprint density at radius 2 is 1.83 bits per heavy atom. The van der Waals surface area contributed by atoms with E-state index in [0.717, 1.165) is 43.9 Å². The highest BCUT2D eigenvalue weighted by molar-refractivity contribution is 5.93. The van der Waals surface area contributed by atoms with Crippen LogP contribution in [0.15, 0.2) is 18.2 Å². The van der Waals surface area contributed by atoms with E-state index in [9.17, 15) is 9.59 Å². The molecule has 5 nitrogen and oxygen atoms in total. The molecule has 24 heavy (non-hydrogen) atoms. The zero-order valence-corrected chi connectivity index (χ0v) is 14.8. The van der Waals surface area contributed by atoms with Crippen LogP contribution in [0.2, 0.25) is 0 Å². The van der Waals surface area contributed by atoms with Crippen molar-refractivity contribution < 1.29 is 9.59 Å². The molecule has 5 heteroatoms. The standard InChI is InChI=1S/C19H27N3O2/c1-13-5-4-6-17(15(13)3)20-18(23)12-21-7-9-22(10-8-21)19(24)16-11-14(16)2/h4-6,14,16H,7-12H2,1-3H3,(H,20,23)/t14-,16-/m1/s1. The fourth-order valence-electron chi connectivity index (χ4n) is 3.31. The van der Waals surface area contributed by atoms with Gasteiger partial charge in [0.05, 0.1) is 6.54 Å². The van der Waals surface area contributed by atoms with Crippen LogP contribution < -0.4 is 5.32 Å². The van der Waals surface area contributed by atoms with Crippen LogP contribution in [0.3, 0.4) is 0 Å². The van der Waals surface area contributed by atoms with Crippen LogP contribution in [-0.2, 0) is 9.59 Å². The second-order valence-electron chi connectivity index (χ2n) is 7.22. The summed E-state index contributed by atoms with van der Waals surface area (Å²) in [7, 11) is 0. The first-order chi connectivity index (χ1) is 11.5. The molecule has 0 aromatic heterocycles. The number of aryl methyl sites for hydroxylation is 1. The van der Waals surface area contributed by atoms with Gasteiger partial charge in [0, 0.05) is 37.8 Å². The lowest BCUT2D eigenvalue weighted by Crippen LogP contribution is -2.51. The predicted octanol–water partition coefficient (Wildman–Crippen LogP) is 2.04. The maximum Gasteiger partial charge on any atom is 0.238 e. The molecule has 0 bridgehead atoms. The fraction of sp³-hybridized carbons (Fsp3) is 0.579. The molecule has 0 unspecified atom stereocenters. The highest BCUT2D eigenvalue weighted by Gasteiger charge is 2.41. The zero-order valence-electron chi connectivity index (χ0n) is 14.8. The van der Waals surface area contributed by atoms with Crippen molar-refractivity contribution >= 4 is 17.5 Å². The summed E-state index contributed by atoms with van der Waals surface area (Å²) in [6, 6.07) is 5.94. The fourth-order valence-corrected chi connectivity index (χ4v) is 3.31. The molecular weight excluding hydrogens is 302 g/mol. The Bertz CT molecular complexity index is 635. The highest BCUT2D eigenvalue weighted by Crippen LogP contribution is 2.39. The summed E-state index contributed by atoms with van der Waals surface area (Å²) in [6.45, 7) is 9.60. The average Bonchev–Trinajstić information content (AvgIpc) is 3.29. The summed E-state index contributed by atoms with van der Waals surface area (Å²) < 4.78 is 0. The molecule has 1 aromatic rings. The van der Waals surface area contributed by atoms with Crippen LogP contribution in [-0.4, -0.2) is 54.3 Å². The van der Waals surface area contributed by atoms with Crippen molar-refractivity contribution in [3.8, 4) is 0 Å². The van der Waals surface area contributed by atoms with Gasteiger partial charge in [0.15, 0.2) is 0 Å². The molecule has 1 aliphatic heterocycles. The Morgan fingerprint density at radius 1 is 1.17 bits per heavy atom. The average molecular weight is 329 g/mol. The minimum atomic E-state index is 0.0132. The first-order valence-electron chi connectivity index (χ1n) is 8.83. The second kappa shape index (κ2) is 6.93. The summed E-state index contributed by atoms with van der Waals surface area (Å²) in [5.41, 5.74) is 3.17. The molecule has 2 atom stereocenters. The molecule has 0 radical (unpaired) electrons. The smallest absolute Gasteiger partial charge is 0.238 e. The summed E-state index contributed by atoms with van der Waals surface area (Å²) in [5, 5.41) is 3.01. The van der Waals surface area contributed by atoms with Gasteiger partial charge in [0.1, 0.15) is 0 Å². The minimum Gasteiger partial charge on any atom is -0.340 e. The molecule has 1 heterocycles. The van der Waals surface area contributed by atoms with E-state index in [-0.39, 0.29) is 11.8 Å². The van der Waals surface area contributed by atoms with Crippen LogP contribution in [0.5, 0.6) is 0 Å². The third-order valence-electron chi connectivity index (χ3n) is 5.36. The van der Waals surface area contributed by atoms with Crippen LogP contribution in [0.4, 0.5) is 5.69 Å². The number of nitrogens with zero attached hydrogens (tertiary/aromatic N) is 2. The lowest BCUT2D eigenvalue weighted by molar-refractivity contribution is -0.134. The molecule has 3 rings (SSSR count). The van der Waals surface area contributed by atoms with E-state index in [4.69, 9.17) is 0 Å². The Hall–Kier alpha value is -1.88. The number of benzene rings is 1. The first-order valence-corrected chi connectivity index (χ1v) is 8.83. The number of carbonyl (C=O) groups excluding carboxylic acids is 2. The van der Waals surface area contributed by atoms with Crippen LogP contribution >= 0.6 is 0 Å². The number of hydrogen-bond acceptors (Lipinski definition) is 3. The quantitative estimate of drug-likeness (QED) is 0.920. The summed E-state index contributed by atoms with van der Waals surface area (Å²) in [6.07, 6.45) is 1.04. The number of nitrogens with one attached hydrogen (secondary N) is 1. The lowest BCUT2D eigenvalue weighted by atomic mass is 10.1. The molecule has 1 aromatic carbocycles. The summed E-state index contributed by atoms with van der Waals surface area (Å²) in [5.74, 6) is 1.13. The van der Waals surface area contributed by atoms with E-state index in [2.05, 4.69) is 17.1 Å². The molecule has 0 spiro atoms. The topological polar surface area (TPSA) is 52.7 Å². The Kier molecular flexibility index (Phi) is 4.90. The molecule has 1 aliphatic carbocycles. The van der Waals surface area contributed by atoms with Crippen molar-refractivity contribution in [1.82, 2.24) is 9.80 Å². The van der Waals surface area contributed by atoms with E-state index < -0.39 is 0 Å². The molecular formula is C19H27N3O2. The summed E-state index contributed by atoms with van der Waals surface area (Å²) >= 11 is 0. The molecule has 1 saturated heterocycles. The van der Waals surface area contributed by atoms with Gasteiger partial charge in [0.25, 0.3) is 0 Å². The van der Waals surface area contributed by atoms with E-state index in [1.807, 2.05) is 36.9 Å². The summed E-state index contributed by atoms with van der Waals surface area (Å²) in [4.78, 5) is 28.6. The van der Waals surface area contributed by atoms with Crippen molar-refractivity contribution in [2.24, 2.45) is 11.8 Å². The number of hydrogen-bond donors (Lipinski definition) is 1. The SMILES string of the molecule is Cc1cccc(NC(=O)CN2CCN(C(=O)[C@@H]3C[C@H]3C)CC2)c1C. The van der Waals surface area contributed by atoms with Crippen molar-refractivity contribution in [3.05, 3.63) is 29.3 Å². The number of carbonyl (C=O) groups is 2. The monoisotopic (exact) mass is 329 g/mol. The largest absolute Gasteiger partial charge is 0.340 e. The molecule has 130 valence electrons. The Labute approximate surface area is 144 Å². The molecule has 2 aliphatic rings. The lowest BCUT2D eigenvalue weighted by Gasteiger charge is -2.34. The first kappa shape index (κ1) is 17.0. The van der Waals surface area contributed by atoms with Gasteiger partial charge in [-0.25, -0.2) is 0 Å². The van der Waals surface area contributed by atoms with Crippen LogP contribution in [0.25, 0.3) is 0 Å². The zero-order chi connectivity index (χ0) is 17.3.